The number of benzene rings is 1. The molecular weight excluding hydrogens is 315 g/mol. The van der Waals surface area contributed by atoms with Crippen LogP contribution in [0.1, 0.15) is 29.8 Å². The average molecular weight is 333 g/mol. The number of rotatable bonds is 7. The van der Waals surface area contributed by atoms with Gasteiger partial charge in [0.05, 0.1) is 24.3 Å². The molecule has 1 aromatic rings. The molecule has 0 bridgehead atoms. The Hall–Kier alpha value is -2.09. The van der Waals surface area contributed by atoms with Crippen LogP contribution < -0.4 is 5.32 Å². The zero-order valence-electron chi connectivity index (χ0n) is 12.8. The molecule has 1 unspecified atom stereocenters. The van der Waals surface area contributed by atoms with Gasteiger partial charge in [0.15, 0.2) is 6.04 Å². The molecule has 0 aliphatic carbocycles. The zero-order chi connectivity index (χ0) is 17.5. The summed E-state index contributed by atoms with van der Waals surface area (Å²) in [7, 11) is 0. The lowest BCUT2D eigenvalue weighted by atomic mass is 10.1. The molecule has 8 heteroatoms. The molecule has 128 valence electrons. The van der Waals surface area contributed by atoms with Gasteiger partial charge in [0, 0.05) is 6.61 Å². The third-order valence-corrected chi connectivity index (χ3v) is 2.84. The zero-order valence-corrected chi connectivity index (χ0v) is 12.8. The lowest BCUT2D eigenvalue weighted by Crippen LogP contribution is -2.45. The molecule has 0 radical (unpaired) electrons. The molecule has 1 N–H and O–H groups in total. The molecule has 0 saturated heterocycles. The SMILES string of the molecule is CCOCC(NC(=O)c1ccccc1C(F)(F)F)C(=O)OCC. The van der Waals surface area contributed by atoms with Crippen molar-refractivity contribution in [3.05, 3.63) is 35.4 Å². The second kappa shape index (κ2) is 8.52. The van der Waals surface area contributed by atoms with Crippen LogP contribution in [0.4, 0.5) is 13.2 Å². The molecule has 1 aromatic carbocycles. The molecule has 1 rings (SSSR count). The topological polar surface area (TPSA) is 64.6 Å². The summed E-state index contributed by atoms with van der Waals surface area (Å²) in [4.78, 5) is 23.9. The predicted octanol–water partition coefficient (Wildman–Crippen LogP) is 2.40. The predicted molar refractivity (Wildman–Crippen MR) is 75.8 cm³/mol. The van der Waals surface area contributed by atoms with Gasteiger partial charge < -0.3 is 14.8 Å². The molecule has 1 amide bonds. The molecule has 0 aromatic heterocycles. The van der Waals surface area contributed by atoms with Gasteiger partial charge in [-0.05, 0) is 26.0 Å². The second-order valence-corrected chi connectivity index (χ2v) is 4.48. The van der Waals surface area contributed by atoms with E-state index in [0.29, 0.717) is 0 Å². The Morgan fingerprint density at radius 2 is 1.83 bits per heavy atom. The van der Waals surface area contributed by atoms with E-state index >= 15 is 0 Å². The Kier molecular flexibility index (Phi) is 7.02. The minimum Gasteiger partial charge on any atom is -0.464 e. The molecular formula is C15H18F3NO4. The summed E-state index contributed by atoms with van der Waals surface area (Å²) in [6, 6.07) is 3.16. The van der Waals surface area contributed by atoms with Crippen LogP contribution in [-0.2, 0) is 20.4 Å². The Balaban J connectivity index is 2.97. The normalized spacial score (nSPS) is 12.6. The van der Waals surface area contributed by atoms with Crippen molar-refractivity contribution in [1.82, 2.24) is 5.32 Å². The summed E-state index contributed by atoms with van der Waals surface area (Å²) in [6.45, 7) is 3.44. The first kappa shape index (κ1) is 19.0. The molecule has 0 spiro atoms. The number of ether oxygens (including phenoxy) is 2. The van der Waals surface area contributed by atoms with Gasteiger partial charge in [-0.1, -0.05) is 12.1 Å². The van der Waals surface area contributed by atoms with Crippen LogP contribution in [0.25, 0.3) is 0 Å². The van der Waals surface area contributed by atoms with Crippen LogP contribution in [0.15, 0.2) is 24.3 Å². The highest BCUT2D eigenvalue weighted by Gasteiger charge is 2.35. The Bertz CT molecular complexity index is 546. The van der Waals surface area contributed by atoms with Gasteiger partial charge in [0.25, 0.3) is 5.91 Å². The molecule has 1 atom stereocenters. The highest BCUT2D eigenvalue weighted by Crippen LogP contribution is 2.31. The number of amides is 1. The van der Waals surface area contributed by atoms with E-state index in [0.717, 1.165) is 12.1 Å². The standard InChI is InChI=1S/C15H18F3NO4/c1-3-22-9-12(14(21)23-4-2)19-13(20)10-7-5-6-8-11(10)15(16,17)18/h5-8,12H,3-4,9H2,1-2H3,(H,19,20). The first-order chi connectivity index (χ1) is 10.8. The van der Waals surface area contributed by atoms with E-state index < -0.39 is 35.2 Å². The number of carbonyl (C=O) groups is 2. The van der Waals surface area contributed by atoms with Crippen LogP contribution in [0.5, 0.6) is 0 Å². The average Bonchev–Trinajstić information content (AvgIpc) is 2.50. The highest BCUT2D eigenvalue weighted by molar-refractivity contribution is 5.98. The second-order valence-electron chi connectivity index (χ2n) is 4.48. The lowest BCUT2D eigenvalue weighted by molar-refractivity contribution is -0.147. The van der Waals surface area contributed by atoms with Crippen LogP contribution in [-0.4, -0.2) is 37.7 Å². The van der Waals surface area contributed by atoms with Gasteiger partial charge >= 0.3 is 12.1 Å². The maximum absolute atomic E-state index is 12.9. The third-order valence-electron chi connectivity index (χ3n) is 2.84. The van der Waals surface area contributed by atoms with Crippen LogP contribution in [0.3, 0.4) is 0 Å². The van der Waals surface area contributed by atoms with E-state index in [1.54, 1.807) is 13.8 Å². The van der Waals surface area contributed by atoms with E-state index in [9.17, 15) is 22.8 Å². The first-order valence-corrected chi connectivity index (χ1v) is 7.02. The van der Waals surface area contributed by atoms with Crippen molar-refractivity contribution in [2.75, 3.05) is 19.8 Å². The molecule has 0 aliphatic rings. The van der Waals surface area contributed by atoms with Crippen LogP contribution in [0, 0.1) is 0 Å². The van der Waals surface area contributed by atoms with Gasteiger partial charge in [-0.25, -0.2) is 4.79 Å². The van der Waals surface area contributed by atoms with E-state index in [1.165, 1.54) is 12.1 Å². The van der Waals surface area contributed by atoms with Gasteiger partial charge in [-0.2, -0.15) is 13.2 Å². The fourth-order valence-electron chi connectivity index (χ4n) is 1.81. The maximum atomic E-state index is 12.9. The monoisotopic (exact) mass is 333 g/mol. The number of hydrogen-bond acceptors (Lipinski definition) is 4. The van der Waals surface area contributed by atoms with Gasteiger partial charge in [0.2, 0.25) is 0 Å². The third kappa shape index (κ3) is 5.55. The van der Waals surface area contributed by atoms with Crippen molar-refractivity contribution >= 4 is 11.9 Å². The summed E-state index contributed by atoms with van der Waals surface area (Å²) in [5.41, 5.74) is -1.64. The van der Waals surface area contributed by atoms with E-state index in [4.69, 9.17) is 9.47 Å². The van der Waals surface area contributed by atoms with Gasteiger partial charge in [-0.15, -0.1) is 0 Å². The number of carbonyl (C=O) groups excluding carboxylic acids is 2. The smallest absolute Gasteiger partial charge is 0.417 e. The Morgan fingerprint density at radius 1 is 1.17 bits per heavy atom. The van der Waals surface area contributed by atoms with Gasteiger partial charge in [0.1, 0.15) is 0 Å². The van der Waals surface area contributed by atoms with Crippen molar-refractivity contribution in [3.8, 4) is 0 Å². The van der Waals surface area contributed by atoms with Crippen molar-refractivity contribution in [2.45, 2.75) is 26.1 Å². The molecule has 0 aliphatic heterocycles. The minimum atomic E-state index is -4.67. The van der Waals surface area contributed by atoms with Gasteiger partial charge in [-0.3, -0.25) is 4.79 Å². The summed E-state index contributed by atoms with van der Waals surface area (Å²) in [5.74, 6) is -1.78. The number of hydrogen-bond donors (Lipinski definition) is 1. The summed E-state index contributed by atoms with van der Waals surface area (Å²) >= 11 is 0. The molecule has 0 fully saturated rings. The van der Waals surface area contributed by atoms with Crippen molar-refractivity contribution in [2.24, 2.45) is 0 Å². The highest BCUT2D eigenvalue weighted by atomic mass is 19.4. The van der Waals surface area contributed by atoms with E-state index in [2.05, 4.69) is 5.32 Å². The minimum absolute atomic E-state index is 0.0798. The quantitative estimate of drug-likeness (QED) is 0.778. The molecule has 0 saturated carbocycles. The molecule has 5 nitrogen and oxygen atoms in total. The largest absolute Gasteiger partial charge is 0.464 e. The van der Waals surface area contributed by atoms with Crippen LogP contribution in [0.2, 0.25) is 0 Å². The fraction of sp³-hybridized carbons (Fsp3) is 0.467. The lowest BCUT2D eigenvalue weighted by Gasteiger charge is -2.18. The van der Waals surface area contributed by atoms with Crippen molar-refractivity contribution < 1.29 is 32.2 Å². The summed E-state index contributed by atoms with van der Waals surface area (Å²) in [6.07, 6.45) is -4.67. The maximum Gasteiger partial charge on any atom is 0.417 e. The number of halogens is 3. The number of alkyl halides is 3. The first-order valence-electron chi connectivity index (χ1n) is 7.02. The van der Waals surface area contributed by atoms with E-state index in [1.807, 2.05) is 0 Å². The number of nitrogens with one attached hydrogen (secondary N) is 1. The van der Waals surface area contributed by atoms with Crippen molar-refractivity contribution in [3.63, 3.8) is 0 Å². The summed E-state index contributed by atoms with van der Waals surface area (Å²) < 4.78 is 48.6. The molecule has 0 heterocycles. The number of esters is 1. The summed E-state index contributed by atoms with van der Waals surface area (Å²) in [5, 5.41) is 2.23. The van der Waals surface area contributed by atoms with E-state index in [-0.39, 0.29) is 19.8 Å². The van der Waals surface area contributed by atoms with Crippen molar-refractivity contribution in [1.29, 1.82) is 0 Å². The fourth-order valence-corrected chi connectivity index (χ4v) is 1.81. The van der Waals surface area contributed by atoms with Crippen LogP contribution >= 0.6 is 0 Å². The Morgan fingerprint density at radius 3 is 2.39 bits per heavy atom. The molecule has 23 heavy (non-hydrogen) atoms. The Labute approximate surface area is 131 Å².